The smallest absolute Gasteiger partial charge is 0.381 e. The van der Waals surface area contributed by atoms with Gasteiger partial charge in [-0.3, -0.25) is 14.8 Å². The van der Waals surface area contributed by atoms with Crippen LogP contribution in [0, 0.1) is 5.82 Å². The molecule has 204 valence electrons. The highest BCUT2D eigenvalue weighted by Crippen LogP contribution is 2.33. The van der Waals surface area contributed by atoms with Crippen LogP contribution in [0.2, 0.25) is 0 Å². The summed E-state index contributed by atoms with van der Waals surface area (Å²) in [5.74, 6) is -0.486. The first-order valence-corrected chi connectivity index (χ1v) is 12.5. The van der Waals surface area contributed by atoms with Gasteiger partial charge in [-0.05, 0) is 48.7 Å². The summed E-state index contributed by atoms with van der Waals surface area (Å²) >= 11 is 0. The van der Waals surface area contributed by atoms with E-state index in [4.69, 9.17) is 9.47 Å². The zero-order chi connectivity index (χ0) is 26.7. The maximum absolute atomic E-state index is 13.3. The second kappa shape index (κ2) is 11.3. The zero-order valence-corrected chi connectivity index (χ0v) is 20.6. The van der Waals surface area contributed by atoms with E-state index in [0.29, 0.717) is 37.9 Å². The number of H-pyrrole nitrogens is 1. The number of fused-ring (bicyclic) bond motifs is 1. The Morgan fingerprint density at radius 2 is 1.89 bits per heavy atom. The number of nitrogens with zero attached hydrogens (tertiary/aromatic N) is 2. The molecular formula is C26H29F4N5O3. The molecule has 0 spiro atoms. The molecule has 2 aliphatic rings. The van der Waals surface area contributed by atoms with Crippen LogP contribution in [0.25, 0.3) is 10.9 Å². The van der Waals surface area contributed by atoms with E-state index < -0.39 is 11.7 Å². The lowest BCUT2D eigenvalue weighted by molar-refractivity contribution is -0.137. The standard InChI is InChI=1S/C26H29F4N5O3/c27-18-4-1-16(2-5-18)15-38-23-14-35(19-7-9-37-10-8-19)13-22(23)32-24(36)12-31-25-20-11-17(26(28,29)30)3-6-21(20)33-34-25/h1-6,11,19,22-23H,7-10,12-15H2,(H,32,36)(H2,31,33,34)/t22?,23-/m0/s1. The van der Waals surface area contributed by atoms with Gasteiger partial charge in [0.25, 0.3) is 0 Å². The topological polar surface area (TPSA) is 91.5 Å². The molecule has 1 unspecified atom stereocenters. The van der Waals surface area contributed by atoms with Gasteiger partial charge in [0.15, 0.2) is 5.82 Å². The number of aromatic amines is 1. The minimum absolute atomic E-state index is 0.167. The third kappa shape index (κ3) is 6.25. The van der Waals surface area contributed by atoms with Gasteiger partial charge in [0, 0.05) is 37.7 Å². The maximum atomic E-state index is 13.3. The fraction of sp³-hybridized carbons (Fsp3) is 0.462. The number of ether oxygens (including phenoxy) is 2. The number of carbonyl (C=O) groups is 1. The molecule has 3 aromatic rings. The van der Waals surface area contributed by atoms with Gasteiger partial charge in [-0.25, -0.2) is 4.39 Å². The van der Waals surface area contributed by atoms with E-state index in [0.717, 1.165) is 30.5 Å². The van der Waals surface area contributed by atoms with Crippen LogP contribution in [0.4, 0.5) is 23.4 Å². The summed E-state index contributed by atoms with van der Waals surface area (Å²) in [5, 5.41) is 12.8. The van der Waals surface area contributed by atoms with Gasteiger partial charge in [0.1, 0.15) is 5.82 Å². The Balaban J connectivity index is 1.22. The second-order valence-electron chi connectivity index (χ2n) is 9.63. The van der Waals surface area contributed by atoms with Gasteiger partial charge >= 0.3 is 6.18 Å². The molecule has 2 aromatic carbocycles. The van der Waals surface area contributed by atoms with Crippen molar-refractivity contribution in [2.45, 2.75) is 43.8 Å². The largest absolute Gasteiger partial charge is 0.416 e. The number of hydrogen-bond acceptors (Lipinski definition) is 6. The van der Waals surface area contributed by atoms with Gasteiger partial charge in [-0.15, -0.1) is 0 Å². The second-order valence-corrected chi connectivity index (χ2v) is 9.63. The van der Waals surface area contributed by atoms with E-state index in [1.165, 1.54) is 18.2 Å². The van der Waals surface area contributed by atoms with Crippen molar-refractivity contribution in [2.24, 2.45) is 0 Å². The molecule has 2 saturated heterocycles. The Labute approximate surface area is 216 Å². The Morgan fingerprint density at radius 3 is 2.63 bits per heavy atom. The molecule has 1 aromatic heterocycles. The van der Waals surface area contributed by atoms with Crippen LogP contribution in [-0.2, 0) is 27.1 Å². The molecule has 0 bridgehead atoms. The lowest BCUT2D eigenvalue weighted by atomic mass is 10.1. The molecule has 5 rings (SSSR count). The summed E-state index contributed by atoms with van der Waals surface area (Å²) in [6.07, 6.45) is -2.97. The molecule has 0 saturated carbocycles. The van der Waals surface area contributed by atoms with Crippen molar-refractivity contribution in [3.63, 3.8) is 0 Å². The zero-order valence-electron chi connectivity index (χ0n) is 20.6. The average molecular weight is 536 g/mol. The quantitative estimate of drug-likeness (QED) is 0.381. The summed E-state index contributed by atoms with van der Waals surface area (Å²) in [6.45, 7) is 2.72. The van der Waals surface area contributed by atoms with Gasteiger partial charge < -0.3 is 20.1 Å². The van der Waals surface area contributed by atoms with Crippen LogP contribution in [0.1, 0.15) is 24.0 Å². The highest BCUT2D eigenvalue weighted by Gasteiger charge is 2.38. The minimum atomic E-state index is -4.48. The summed E-state index contributed by atoms with van der Waals surface area (Å²) < 4.78 is 64.3. The van der Waals surface area contributed by atoms with Crippen molar-refractivity contribution in [1.29, 1.82) is 0 Å². The third-order valence-corrected chi connectivity index (χ3v) is 7.03. The fourth-order valence-electron chi connectivity index (χ4n) is 4.99. The van der Waals surface area contributed by atoms with E-state index in [-0.39, 0.29) is 48.2 Å². The lowest BCUT2D eigenvalue weighted by Crippen LogP contribution is -2.46. The van der Waals surface area contributed by atoms with Gasteiger partial charge in [-0.2, -0.15) is 18.3 Å². The van der Waals surface area contributed by atoms with Crippen molar-refractivity contribution in [1.82, 2.24) is 20.4 Å². The van der Waals surface area contributed by atoms with E-state index in [1.54, 1.807) is 12.1 Å². The highest BCUT2D eigenvalue weighted by molar-refractivity contribution is 5.92. The minimum Gasteiger partial charge on any atom is -0.381 e. The van der Waals surface area contributed by atoms with Crippen molar-refractivity contribution < 1.29 is 31.8 Å². The molecule has 0 aliphatic carbocycles. The first kappa shape index (κ1) is 26.4. The average Bonchev–Trinajstić information content (AvgIpc) is 3.50. The van der Waals surface area contributed by atoms with Crippen LogP contribution < -0.4 is 10.6 Å². The van der Waals surface area contributed by atoms with E-state index >= 15 is 0 Å². The summed E-state index contributed by atoms with van der Waals surface area (Å²) in [6, 6.07) is 9.41. The Hall–Kier alpha value is -3.22. The predicted octanol–water partition coefficient (Wildman–Crippen LogP) is 3.70. The van der Waals surface area contributed by atoms with E-state index in [1.807, 2.05) is 0 Å². The van der Waals surface area contributed by atoms with Crippen LogP contribution >= 0.6 is 0 Å². The summed E-state index contributed by atoms with van der Waals surface area (Å²) in [4.78, 5) is 15.2. The first-order chi connectivity index (χ1) is 18.3. The van der Waals surface area contributed by atoms with Gasteiger partial charge in [-0.1, -0.05) is 12.1 Å². The van der Waals surface area contributed by atoms with Gasteiger partial charge in [0.2, 0.25) is 5.91 Å². The van der Waals surface area contributed by atoms with Crippen molar-refractivity contribution in [3.05, 3.63) is 59.4 Å². The molecule has 2 atom stereocenters. The molecule has 1 amide bonds. The molecule has 2 fully saturated rings. The van der Waals surface area contributed by atoms with Gasteiger partial charge in [0.05, 0.1) is 36.4 Å². The number of amides is 1. The number of halogens is 4. The Morgan fingerprint density at radius 1 is 1.13 bits per heavy atom. The number of hydrogen-bond donors (Lipinski definition) is 3. The Bertz CT molecular complexity index is 1240. The number of nitrogens with one attached hydrogen (secondary N) is 3. The SMILES string of the molecule is O=C(CNc1n[nH]c2ccc(C(F)(F)F)cc12)NC1CN(C2CCOCC2)C[C@@H]1OCc1ccc(F)cc1. The molecule has 8 nitrogen and oxygen atoms in total. The number of rotatable bonds is 8. The number of carbonyl (C=O) groups excluding carboxylic acids is 1. The van der Waals surface area contributed by atoms with Crippen LogP contribution in [0.5, 0.6) is 0 Å². The first-order valence-electron chi connectivity index (χ1n) is 12.5. The summed E-state index contributed by atoms with van der Waals surface area (Å²) in [7, 11) is 0. The highest BCUT2D eigenvalue weighted by atomic mass is 19.4. The molecular weight excluding hydrogens is 506 g/mol. The number of anilines is 1. The number of aromatic nitrogens is 2. The molecule has 0 radical (unpaired) electrons. The Kier molecular flexibility index (Phi) is 7.82. The predicted molar refractivity (Wildman–Crippen MR) is 132 cm³/mol. The van der Waals surface area contributed by atoms with Crippen molar-refractivity contribution in [3.8, 4) is 0 Å². The van der Waals surface area contributed by atoms with E-state index in [2.05, 4.69) is 25.7 Å². The van der Waals surface area contributed by atoms with Crippen LogP contribution in [0.3, 0.4) is 0 Å². The maximum Gasteiger partial charge on any atom is 0.416 e. The van der Waals surface area contributed by atoms with Crippen molar-refractivity contribution in [2.75, 3.05) is 38.2 Å². The fourth-order valence-corrected chi connectivity index (χ4v) is 4.99. The van der Waals surface area contributed by atoms with Crippen LogP contribution in [-0.4, -0.2) is 72.0 Å². The number of alkyl halides is 3. The molecule has 3 N–H and O–H groups in total. The van der Waals surface area contributed by atoms with Crippen molar-refractivity contribution >= 4 is 22.6 Å². The number of benzene rings is 2. The monoisotopic (exact) mass is 535 g/mol. The lowest BCUT2D eigenvalue weighted by Gasteiger charge is -2.30. The van der Waals surface area contributed by atoms with E-state index in [9.17, 15) is 22.4 Å². The summed E-state index contributed by atoms with van der Waals surface area (Å²) in [5.41, 5.74) is 0.462. The number of likely N-dealkylation sites (tertiary alicyclic amines) is 1. The van der Waals surface area contributed by atoms with Crippen LogP contribution in [0.15, 0.2) is 42.5 Å². The molecule has 12 heteroatoms. The third-order valence-electron chi connectivity index (χ3n) is 7.03. The normalized spacial score (nSPS) is 21.2. The molecule has 2 aliphatic heterocycles. The molecule has 3 heterocycles. The molecule has 38 heavy (non-hydrogen) atoms.